The molecule has 2 fully saturated rings. The molecule has 0 atom stereocenters. The summed E-state index contributed by atoms with van der Waals surface area (Å²) in [5.74, 6) is 0.665. The molecule has 3 heterocycles. The van der Waals surface area contributed by atoms with E-state index < -0.39 is 10.0 Å². The van der Waals surface area contributed by atoms with Gasteiger partial charge >= 0.3 is 0 Å². The van der Waals surface area contributed by atoms with E-state index in [9.17, 15) is 13.2 Å². The first-order chi connectivity index (χ1) is 14.4. The molecule has 0 bridgehead atoms. The van der Waals surface area contributed by atoms with Gasteiger partial charge in [-0.3, -0.25) is 4.79 Å². The van der Waals surface area contributed by atoms with Crippen molar-refractivity contribution in [2.24, 2.45) is 0 Å². The molecular weight excluding hydrogens is 400 g/mol. The molecule has 1 amide bonds. The van der Waals surface area contributed by atoms with Gasteiger partial charge in [0.05, 0.1) is 10.5 Å². The van der Waals surface area contributed by atoms with Gasteiger partial charge < -0.3 is 9.80 Å². The SMILES string of the molecule is Cc1ccc(S(=O)(=O)N2CCN(C(=O)c3cccnc3N3CCCC3)CC2)cc1C. The number of rotatable bonds is 4. The smallest absolute Gasteiger partial charge is 0.257 e. The van der Waals surface area contributed by atoms with E-state index in [2.05, 4.69) is 9.88 Å². The number of sulfonamides is 1. The second kappa shape index (κ2) is 8.35. The Hall–Kier alpha value is -2.45. The number of piperazine rings is 1. The molecule has 0 saturated carbocycles. The molecule has 2 saturated heterocycles. The summed E-state index contributed by atoms with van der Waals surface area (Å²) in [6.45, 7) is 7.04. The lowest BCUT2D eigenvalue weighted by molar-refractivity contribution is 0.0698. The molecule has 0 N–H and O–H groups in total. The topological polar surface area (TPSA) is 73.8 Å². The van der Waals surface area contributed by atoms with Crippen molar-refractivity contribution in [1.29, 1.82) is 0 Å². The minimum atomic E-state index is -3.56. The van der Waals surface area contributed by atoms with Crippen LogP contribution in [-0.2, 0) is 10.0 Å². The maximum absolute atomic E-state index is 13.2. The first kappa shape index (κ1) is 20.8. The Morgan fingerprint density at radius 3 is 2.30 bits per heavy atom. The van der Waals surface area contributed by atoms with Crippen molar-refractivity contribution in [3.8, 4) is 0 Å². The zero-order valence-corrected chi connectivity index (χ0v) is 18.4. The number of pyridine rings is 1. The van der Waals surface area contributed by atoms with Gasteiger partial charge in [0, 0.05) is 45.5 Å². The van der Waals surface area contributed by atoms with Crippen LogP contribution in [0.15, 0.2) is 41.4 Å². The van der Waals surface area contributed by atoms with Gasteiger partial charge in [0.2, 0.25) is 10.0 Å². The number of aromatic nitrogens is 1. The summed E-state index contributed by atoms with van der Waals surface area (Å²) in [7, 11) is -3.56. The fourth-order valence-corrected chi connectivity index (χ4v) is 5.58. The van der Waals surface area contributed by atoms with E-state index >= 15 is 0 Å². The molecule has 1 aromatic carbocycles. The van der Waals surface area contributed by atoms with E-state index in [1.807, 2.05) is 26.0 Å². The van der Waals surface area contributed by atoms with Crippen molar-refractivity contribution in [1.82, 2.24) is 14.2 Å². The first-order valence-corrected chi connectivity index (χ1v) is 11.9. The summed E-state index contributed by atoms with van der Waals surface area (Å²) in [6.07, 6.45) is 3.94. The summed E-state index contributed by atoms with van der Waals surface area (Å²) in [4.78, 5) is 21.8. The summed E-state index contributed by atoms with van der Waals surface area (Å²) < 4.78 is 27.5. The molecule has 160 valence electrons. The number of anilines is 1. The normalized spacial score (nSPS) is 18.1. The highest BCUT2D eigenvalue weighted by Gasteiger charge is 2.32. The van der Waals surface area contributed by atoms with Crippen molar-refractivity contribution in [2.75, 3.05) is 44.2 Å². The second-order valence-corrected chi connectivity index (χ2v) is 9.95. The number of amides is 1. The third-order valence-corrected chi connectivity index (χ3v) is 7.96. The zero-order valence-electron chi connectivity index (χ0n) is 17.5. The standard InChI is InChI=1S/C22H28N4O3S/c1-17-7-8-19(16-18(17)2)30(28,29)26-14-12-25(13-15-26)22(27)20-6-5-9-23-21(20)24-10-3-4-11-24/h5-9,16H,3-4,10-15H2,1-2H3. The van der Waals surface area contributed by atoms with Gasteiger partial charge in [-0.05, 0) is 62.1 Å². The molecule has 4 rings (SSSR count). The van der Waals surface area contributed by atoms with Crippen LogP contribution >= 0.6 is 0 Å². The Morgan fingerprint density at radius 2 is 1.63 bits per heavy atom. The van der Waals surface area contributed by atoms with E-state index in [0.717, 1.165) is 42.9 Å². The summed E-state index contributed by atoms with van der Waals surface area (Å²) in [6, 6.07) is 8.83. The van der Waals surface area contributed by atoms with E-state index in [-0.39, 0.29) is 5.91 Å². The Bertz CT molecular complexity index is 1040. The van der Waals surface area contributed by atoms with Crippen molar-refractivity contribution in [2.45, 2.75) is 31.6 Å². The zero-order chi connectivity index (χ0) is 21.3. The summed E-state index contributed by atoms with van der Waals surface area (Å²) in [5.41, 5.74) is 2.62. The minimum Gasteiger partial charge on any atom is -0.356 e. The highest BCUT2D eigenvalue weighted by atomic mass is 32.2. The highest BCUT2D eigenvalue weighted by Crippen LogP contribution is 2.25. The molecule has 30 heavy (non-hydrogen) atoms. The molecule has 7 nitrogen and oxygen atoms in total. The maximum Gasteiger partial charge on any atom is 0.257 e. The number of nitrogens with zero attached hydrogens (tertiary/aromatic N) is 4. The van der Waals surface area contributed by atoms with Gasteiger partial charge in [0.25, 0.3) is 5.91 Å². The molecule has 0 spiro atoms. The predicted molar refractivity (Wildman–Crippen MR) is 116 cm³/mol. The Morgan fingerprint density at radius 1 is 0.933 bits per heavy atom. The third kappa shape index (κ3) is 3.94. The van der Waals surface area contributed by atoms with Crippen molar-refractivity contribution < 1.29 is 13.2 Å². The Kier molecular flexibility index (Phi) is 5.79. The van der Waals surface area contributed by atoms with Crippen molar-refractivity contribution in [3.05, 3.63) is 53.2 Å². The van der Waals surface area contributed by atoms with Gasteiger partial charge in [-0.15, -0.1) is 0 Å². The van der Waals surface area contributed by atoms with Crippen molar-refractivity contribution in [3.63, 3.8) is 0 Å². The largest absolute Gasteiger partial charge is 0.356 e. The third-order valence-electron chi connectivity index (χ3n) is 6.06. The number of hydrogen-bond acceptors (Lipinski definition) is 5. The van der Waals surface area contributed by atoms with Crippen molar-refractivity contribution >= 4 is 21.7 Å². The van der Waals surface area contributed by atoms with Crippen LogP contribution in [0.5, 0.6) is 0 Å². The average Bonchev–Trinajstić information content (AvgIpc) is 3.30. The fourth-order valence-electron chi connectivity index (χ4n) is 4.07. The van der Waals surface area contributed by atoms with Crippen LogP contribution in [0.4, 0.5) is 5.82 Å². The van der Waals surface area contributed by atoms with Crippen LogP contribution in [0.25, 0.3) is 0 Å². The van der Waals surface area contributed by atoms with Gasteiger partial charge in [-0.2, -0.15) is 4.31 Å². The monoisotopic (exact) mass is 428 g/mol. The lowest BCUT2D eigenvalue weighted by atomic mass is 10.1. The average molecular weight is 429 g/mol. The molecule has 1 aromatic heterocycles. The van der Waals surface area contributed by atoms with Gasteiger partial charge in [-0.1, -0.05) is 6.07 Å². The van der Waals surface area contributed by atoms with Crippen LogP contribution in [0.3, 0.4) is 0 Å². The van der Waals surface area contributed by atoms with E-state index in [1.54, 1.807) is 29.3 Å². The van der Waals surface area contributed by atoms with Gasteiger partial charge in [-0.25, -0.2) is 13.4 Å². The summed E-state index contributed by atoms with van der Waals surface area (Å²) >= 11 is 0. The predicted octanol–water partition coefficient (Wildman–Crippen LogP) is 2.45. The molecule has 8 heteroatoms. The second-order valence-electron chi connectivity index (χ2n) is 8.01. The lowest BCUT2D eigenvalue weighted by Gasteiger charge is -2.34. The molecule has 2 aliphatic heterocycles. The van der Waals surface area contributed by atoms with E-state index in [4.69, 9.17) is 0 Å². The molecule has 2 aliphatic rings. The molecule has 2 aromatic rings. The van der Waals surface area contributed by atoms with Crippen LogP contribution in [0, 0.1) is 13.8 Å². The number of carbonyl (C=O) groups excluding carboxylic acids is 1. The fraction of sp³-hybridized carbons (Fsp3) is 0.455. The van der Waals surface area contributed by atoms with Crippen LogP contribution in [0.1, 0.15) is 34.3 Å². The lowest BCUT2D eigenvalue weighted by Crippen LogP contribution is -2.50. The van der Waals surface area contributed by atoms with E-state index in [1.165, 1.54) is 4.31 Å². The molecule has 0 radical (unpaired) electrons. The minimum absolute atomic E-state index is 0.0757. The highest BCUT2D eigenvalue weighted by molar-refractivity contribution is 7.89. The number of hydrogen-bond donors (Lipinski definition) is 0. The quantitative estimate of drug-likeness (QED) is 0.748. The van der Waals surface area contributed by atoms with Crippen LogP contribution in [-0.4, -0.2) is 67.8 Å². The van der Waals surface area contributed by atoms with Gasteiger partial charge in [0.15, 0.2) is 0 Å². The van der Waals surface area contributed by atoms with Crippen LogP contribution < -0.4 is 4.90 Å². The number of aryl methyl sites for hydroxylation is 2. The van der Waals surface area contributed by atoms with Gasteiger partial charge in [0.1, 0.15) is 5.82 Å². The van der Waals surface area contributed by atoms with Crippen LogP contribution in [0.2, 0.25) is 0 Å². The molecule has 0 aliphatic carbocycles. The number of benzene rings is 1. The first-order valence-electron chi connectivity index (χ1n) is 10.4. The molecular formula is C22H28N4O3S. The summed E-state index contributed by atoms with van der Waals surface area (Å²) in [5, 5.41) is 0. The maximum atomic E-state index is 13.2. The molecule has 0 unspecified atom stereocenters. The van der Waals surface area contributed by atoms with E-state index in [0.29, 0.717) is 36.6 Å². The Labute approximate surface area is 178 Å². The number of carbonyl (C=O) groups is 1. The Balaban J connectivity index is 1.47.